The number of carbonyl (C=O) groups excluding carboxylic acids is 2. The molecule has 1 rings (SSSR count). The van der Waals surface area contributed by atoms with Gasteiger partial charge in [-0.15, -0.1) is 0 Å². The third-order valence-corrected chi connectivity index (χ3v) is 2.24. The second-order valence-corrected chi connectivity index (χ2v) is 3.87. The minimum Gasteiger partial charge on any atom is -0.391 e. The molecular formula is C11H16N4O3. The van der Waals surface area contributed by atoms with Crippen LogP contribution < -0.4 is 10.1 Å². The third-order valence-electron chi connectivity index (χ3n) is 2.24. The lowest BCUT2D eigenvalue weighted by Crippen LogP contribution is -2.26. The molecule has 1 amide bonds. The fourth-order valence-corrected chi connectivity index (χ4v) is 1.09. The third kappa shape index (κ3) is 3.41. The Morgan fingerprint density at radius 3 is 2.61 bits per heavy atom. The average Bonchev–Trinajstić information content (AvgIpc) is 2.32. The molecule has 1 N–H and O–H groups in total. The number of ether oxygens (including phenoxy) is 1. The maximum absolute atomic E-state index is 11.5. The predicted octanol–water partition coefficient (Wildman–Crippen LogP) is 0.765. The van der Waals surface area contributed by atoms with Crippen molar-refractivity contribution in [3.05, 3.63) is 11.3 Å². The zero-order valence-corrected chi connectivity index (χ0v) is 10.9. The average molecular weight is 252 g/mol. The van der Waals surface area contributed by atoms with Gasteiger partial charge in [0.1, 0.15) is 6.29 Å². The number of rotatable bonds is 4. The van der Waals surface area contributed by atoms with Gasteiger partial charge in [-0.25, -0.2) is 9.78 Å². The number of hydrogen-bond donors (Lipinski definition) is 1. The largest absolute Gasteiger partial charge is 0.416 e. The second kappa shape index (κ2) is 5.95. The number of carbonyl (C=O) groups is 2. The first kappa shape index (κ1) is 13.9. The fourth-order valence-electron chi connectivity index (χ4n) is 1.09. The Hall–Kier alpha value is -2.18. The molecule has 0 aliphatic carbocycles. The van der Waals surface area contributed by atoms with Gasteiger partial charge in [0, 0.05) is 25.4 Å². The minimum absolute atomic E-state index is 0.101. The molecule has 0 atom stereocenters. The van der Waals surface area contributed by atoms with Crippen molar-refractivity contribution < 1.29 is 14.3 Å². The van der Waals surface area contributed by atoms with Crippen molar-refractivity contribution in [3.8, 4) is 5.88 Å². The lowest BCUT2D eigenvalue weighted by atomic mass is 10.2. The highest BCUT2D eigenvalue weighted by Crippen LogP contribution is 2.19. The Balaban J connectivity index is 2.98. The molecular weight excluding hydrogens is 236 g/mol. The van der Waals surface area contributed by atoms with Gasteiger partial charge >= 0.3 is 6.09 Å². The van der Waals surface area contributed by atoms with Crippen molar-refractivity contribution in [1.29, 1.82) is 0 Å². The smallest absolute Gasteiger partial charge is 0.391 e. The molecule has 1 aromatic rings. The van der Waals surface area contributed by atoms with Gasteiger partial charge in [-0.3, -0.25) is 0 Å². The van der Waals surface area contributed by atoms with Gasteiger partial charge in [-0.1, -0.05) is 0 Å². The molecule has 98 valence electrons. The number of aromatic nitrogens is 2. The Labute approximate surface area is 105 Å². The summed E-state index contributed by atoms with van der Waals surface area (Å²) in [5.74, 6) is 0.446. The van der Waals surface area contributed by atoms with Gasteiger partial charge in [0.25, 0.3) is 0 Å². The molecule has 0 aromatic carbocycles. The normalized spacial score (nSPS) is 9.78. The van der Waals surface area contributed by atoms with Crippen LogP contribution in [0.4, 0.5) is 10.7 Å². The van der Waals surface area contributed by atoms with Gasteiger partial charge in [0.2, 0.25) is 11.8 Å². The van der Waals surface area contributed by atoms with Gasteiger partial charge in [0.05, 0.1) is 6.54 Å². The van der Waals surface area contributed by atoms with E-state index < -0.39 is 6.09 Å². The van der Waals surface area contributed by atoms with E-state index in [9.17, 15) is 9.59 Å². The second-order valence-electron chi connectivity index (χ2n) is 3.87. The molecule has 7 nitrogen and oxygen atoms in total. The lowest BCUT2D eigenvalue weighted by Gasteiger charge is -2.13. The van der Waals surface area contributed by atoms with Gasteiger partial charge < -0.3 is 19.7 Å². The van der Waals surface area contributed by atoms with E-state index >= 15 is 0 Å². The number of aldehydes is 1. The van der Waals surface area contributed by atoms with Crippen LogP contribution in [0.25, 0.3) is 0 Å². The predicted molar refractivity (Wildman–Crippen MR) is 65.8 cm³/mol. The van der Waals surface area contributed by atoms with E-state index in [0.29, 0.717) is 17.5 Å². The molecule has 0 aliphatic rings. The van der Waals surface area contributed by atoms with Crippen LogP contribution in [0.15, 0.2) is 0 Å². The lowest BCUT2D eigenvalue weighted by molar-refractivity contribution is -0.106. The summed E-state index contributed by atoms with van der Waals surface area (Å²) in [4.78, 5) is 31.2. The number of hydrogen-bond acceptors (Lipinski definition) is 6. The van der Waals surface area contributed by atoms with Gasteiger partial charge in [0.15, 0.2) is 0 Å². The standard InChI is InChI=1S/C11H16N4O3/c1-7-8(2)13-10(12-5-6-16)14-9(7)18-11(17)15(3)4/h6H,5H2,1-4H3,(H,12,13,14). The summed E-state index contributed by atoms with van der Waals surface area (Å²) in [5.41, 5.74) is 1.36. The van der Waals surface area contributed by atoms with Gasteiger partial charge in [-0.05, 0) is 13.8 Å². The number of anilines is 1. The summed E-state index contributed by atoms with van der Waals surface area (Å²) >= 11 is 0. The monoisotopic (exact) mass is 252 g/mol. The first-order valence-electron chi connectivity index (χ1n) is 5.37. The van der Waals surface area contributed by atoms with Crippen molar-refractivity contribution >= 4 is 18.3 Å². The Morgan fingerprint density at radius 2 is 2.06 bits per heavy atom. The molecule has 1 heterocycles. The number of aryl methyl sites for hydroxylation is 1. The molecule has 1 aromatic heterocycles. The van der Waals surface area contributed by atoms with Crippen LogP contribution >= 0.6 is 0 Å². The van der Waals surface area contributed by atoms with Crippen LogP contribution in [-0.2, 0) is 4.79 Å². The summed E-state index contributed by atoms with van der Waals surface area (Å²) in [6, 6.07) is 0. The highest BCUT2D eigenvalue weighted by molar-refractivity contribution is 5.70. The van der Waals surface area contributed by atoms with E-state index in [1.807, 2.05) is 0 Å². The van der Waals surface area contributed by atoms with Crippen LogP contribution in [0, 0.1) is 13.8 Å². The van der Waals surface area contributed by atoms with E-state index in [2.05, 4.69) is 15.3 Å². The van der Waals surface area contributed by atoms with E-state index in [0.717, 1.165) is 0 Å². The van der Waals surface area contributed by atoms with Crippen LogP contribution in [0.3, 0.4) is 0 Å². The quantitative estimate of drug-likeness (QED) is 0.796. The van der Waals surface area contributed by atoms with E-state index in [1.54, 1.807) is 27.9 Å². The first-order chi connectivity index (χ1) is 8.45. The molecule has 0 saturated heterocycles. The number of nitrogens with one attached hydrogen (secondary N) is 1. The zero-order valence-electron chi connectivity index (χ0n) is 10.9. The van der Waals surface area contributed by atoms with Crippen molar-refractivity contribution in [2.45, 2.75) is 13.8 Å². The summed E-state index contributed by atoms with van der Waals surface area (Å²) in [7, 11) is 3.16. The Kier molecular flexibility index (Phi) is 4.59. The van der Waals surface area contributed by atoms with Crippen molar-refractivity contribution in [2.24, 2.45) is 0 Å². The molecule has 18 heavy (non-hydrogen) atoms. The fraction of sp³-hybridized carbons (Fsp3) is 0.455. The van der Waals surface area contributed by atoms with E-state index in [4.69, 9.17) is 4.74 Å². The van der Waals surface area contributed by atoms with Crippen molar-refractivity contribution in [2.75, 3.05) is 26.0 Å². The molecule has 0 spiro atoms. The molecule has 7 heteroatoms. The van der Waals surface area contributed by atoms with Crippen LogP contribution in [0.2, 0.25) is 0 Å². The first-order valence-corrected chi connectivity index (χ1v) is 5.37. The molecule has 0 aliphatic heterocycles. The minimum atomic E-state index is -0.516. The van der Waals surface area contributed by atoms with E-state index in [1.165, 1.54) is 4.90 Å². The molecule has 0 fully saturated rings. The molecule has 0 unspecified atom stereocenters. The maximum Gasteiger partial charge on any atom is 0.416 e. The highest BCUT2D eigenvalue weighted by atomic mass is 16.6. The Bertz CT molecular complexity index is 460. The zero-order chi connectivity index (χ0) is 13.7. The Morgan fingerprint density at radius 1 is 1.39 bits per heavy atom. The van der Waals surface area contributed by atoms with Crippen molar-refractivity contribution in [3.63, 3.8) is 0 Å². The topological polar surface area (TPSA) is 84.4 Å². The summed E-state index contributed by atoms with van der Waals surface area (Å²) in [5, 5.41) is 2.71. The van der Waals surface area contributed by atoms with E-state index in [-0.39, 0.29) is 18.4 Å². The van der Waals surface area contributed by atoms with Crippen LogP contribution in [0.5, 0.6) is 5.88 Å². The maximum atomic E-state index is 11.5. The van der Waals surface area contributed by atoms with Crippen molar-refractivity contribution in [1.82, 2.24) is 14.9 Å². The van der Waals surface area contributed by atoms with Crippen LogP contribution in [0.1, 0.15) is 11.3 Å². The summed E-state index contributed by atoms with van der Waals surface area (Å²) in [6.45, 7) is 3.64. The summed E-state index contributed by atoms with van der Waals surface area (Å²) in [6.07, 6.45) is 0.182. The van der Waals surface area contributed by atoms with Crippen LogP contribution in [-0.4, -0.2) is 47.9 Å². The molecule has 0 radical (unpaired) electrons. The number of amides is 1. The summed E-state index contributed by atoms with van der Waals surface area (Å²) < 4.78 is 5.12. The molecule has 0 bridgehead atoms. The number of nitrogens with zero attached hydrogens (tertiary/aromatic N) is 3. The molecule has 0 saturated carbocycles. The highest BCUT2D eigenvalue weighted by Gasteiger charge is 2.14. The SMILES string of the molecule is Cc1nc(NCC=O)nc(OC(=O)N(C)C)c1C. The van der Waals surface area contributed by atoms with Gasteiger partial charge in [-0.2, -0.15) is 4.98 Å².